The highest BCUT2D eigenvalue weighted by atomic mass is 32.2. The van der Waals surface area contributed by atoms with Crippen molar-refractivity contribution in [2.45, 2.75) is 25.8 Å². The second-order valence-corrected chi connectivity index (χ2v) is 8.88. The number of nitrogens with zero attached hydrogens (tertiary/aromatic N) is 3. The van der Waals surface area contributed by atoms with Gasteiger partial charge in [-0.15, -0.1) is 0 Å². The fourth-order valence-corrected chi connectivity index (χ4v) is 4.75. The van der Waals surface area contributed by atoms with Crippen LogP contribution in [0.3, 0.4) is 0 Å². The van der Waals surface area contributed by atoms with Crippen molar-refractivity contribution in [2.75, 3.05) is 27.3 Å². The van der Waals surface area contributed by atoms with E-state index in [9.17, 15) is 8.42 Å². The standard InChI is InChI=1S/C19H28N4O4S/c1-14-5-8-23(9-6-14)28(24,25)21-18(19-20-7-10-22(19)2)15-11-16(26-3)13-17(12-15)27-4/h7,10-14,18,21H,5-6,8-9H2,1-4H3/t18-/m1/s1. The molecule has 0 bridgehead atoms. The van der Waals surface area contributed by atoms with Gasteiger partial charge in [0, 0.05) is 38.6 Å². The number of aryl methyl sites for hydroxylation is 1. The predicted octanol–water partition coefficient (Wildman–Crippen LogP) is 2.09. The molecule has 9 heteroatoms. The average molecular weight is 409 g/mol. The summed E-state index contributed by atoms with van der Waals surface area (Å²) in [6.07, 6.45) is 5.16. The first-order valence-corrected chi connectivity index (χ1v) is 10.8. The Bertz CT molecular complexity index is 882. The molecule has 154 valence electrons. The van der Waals surface area contributed by atoms with E-state index in [2.05, 4.69) is 16.6 Å². The van der Waals surface area contributed by atoms with Crippen molar-refractivity contribution >= 4 is 10.2 Å². The van der Waals surface area contributed by atoms with Crippen LogP contribution >= 0.6 is 0 Å². The number of nitrogens with one attached hydrogen (secondary N) is 1. The molecule has 1 aromatic heterocycles. The maximum atomic E-state index is 13.1. The fraction of sp³-hybridized carbons (Fsp3) is 0.526. The Hall–Kier alpha value is -2.10. The van der Waals surface area contributed by atoms with Crippen molar-refractivity contribution < 1.29 is 17.9 Å². The molecule has 0 aliphatic carbocycles. The van der Waals surface area contributed by atoms with E-state index in [-0.39, 0.29) is 0 Å². The second kappa shape index (κ2) is 8.50. The number of hydrogen-bond donors (Lipinski definition) is 1. The minimum atomic E-state index is -3.69. The Kier molecular flexibility index (Phi) is 6.26. The third-order valence-electron chi connectivity index (χ3n) is 5.17. The van der Waals surface area contributed by atoms with E-state index in [1.807, 2.05) is 7.05 Å². The number of methoxy groups -OCH3 is 2. The van der Waals surface area contributed by atoms with E-state index in [1.54, 1.807) is 49.4 Å². The summed E-state index contributed by atoms with van der Waals surface area (Å²) < 4.78 is 43.1. The Morgan fingerprint density at radius 2 is 1.75 bits per heavy atom. The first-order chi connectivity index (χ1) is 13.3. The maximum absolute atomic E-state index is 13.1. The Morgan fingerprint density at radius 3 is 2.25 bits per heavy atom. The lowest BCUT2D eigenvalue weighted by atomic mass is 10.0. The summed E-state index contributed by atoms with van der Waals surface area (Å²) in [6.45, 7) is 3.19. The Morgan fingerprint density at radius 1 is 1.14 bits per heavy atom. The van der Waals surface area contributed by atoms with Gasteiger partial charge >= 0.3 is 0 Å². The molecule has 1 atom stereocenters. The lowest BCUT2D eigenvalue weighted by molar-refractivity contribution is 0.284. The van der Waals surface area contributed by atoms with E-state index >= 15 is 0 Å². The van der Waals surface area contributed by atoms with Crippen molar-refractivity contribution in [3.05, 3.63) is 42.0 Å². The molecular weight excluding hydrogens is 380 g/mol. The Balaban J connectivity index is 1.98. The fourth-order valence-electron chi connectivity index (χ4n) is 3.37. The van der Waals surface area contributed by atoms with Crippen LogP contribution in [-0.4, -0.2) is 49.6 Å². The van der Waals surface area contributed by atoms with Crippen LogP contribution in [0.4, 0.5) is 0 Å². The van der Waals surface area contributed by atoms with Crippen molar-refractivity contribution in [3.63, 3.8) is 0 Å². The summed E-state index contributed by atoms with van der Waals surface area (Å²) in [7, 11) is 1.28. The number of piperidine rings is 1. The first-order valence-electron chi connectivity index (χ1n) is 9.31. The zero-order valence-electron chi connectivity index (χ0n) is 16.8. The third-order valence-corrected chi connectivity index (χ3v) is 6.75. The molecule has 1 aromatic carbocycles. The van der Waals surface area contributed by atoms with Gasteiger partial charge in [-0.2, -0.15) is 17.4 Å². The van der Waals surface area contributed by atoms with Crippen LogP contribution in [-0.2, 0) is 17.3 Å². The molecule has 0 unspecified atom stereocenters. The SMILES string of the molecule is COc1cc(OC)cc([C@@H](NS(=O)(=O)N2CCC(C)CC2)c2nccn2C)c1. The smallest absolute Gasteiger partial charge is 0.280 e. The topological polar surface area (TPSA) is 85.7 Å². The van der Waals surface area contributed by atoms with Gasteiger partial charge in [0.25, 0.3) is 10.2 Å². The van der Waals surface area contributed by atoms with Crippen LogP contribution in [0.25, 0.3) is 0 Å². The van der Waals surface area contributed by atoms with E-state index in [1.165, 1.54) is 4.31 Å². The highest BCUT2D eigenvalue weighted by molar-refractivity contribution is 7.87. The molecule has 0 spiro atoms. The minimum Gasteiger partial charge on any atom is -0.497 e. The molecule has 1 fully saturated rings. The number of hydrogen-bond acceptors (Lipinski definition) is 5. The van der Waals surface area contributed by atoms with Crippen molar-refractivity contribution in [2.24, 2.45) is 13.0 Å². The average Bonchev–Trinajstić information content (AvgIpc) is 3.11. The van der Waals surface area contributed by atoms with Gasteiger partial charge in [0.1, 0.15) is 23.4 Å². The van der Waals surface area contributed by atoms with Crippen LogP contribution < -0.4 is 14.2 Å². The molecular formula is C19H28N4O4S. The largest absolute Gasteiger partial charge is 0.497 e. The van der Waals surface area contributed by atoms with Gasteiger partial charge in [-0.05, 0) is 36.5 Å². The number of imidazole rings is 1. The molecule has 28 heavy (non-hydrogen) atoms. The third kappa shape index (κ3) is 4.48. The van der Waals surface area contributed by atoms with E-state index in [0.29, 0.717) is 41.9 Å². The van der Waals surface area contributed by atoms with Gasteiger partial charge in [-0.1, -0.05) is 6.92 Å². The molecule has 2 heterocycles. The number of ether oxygens (including phenoxy) is 2. The molecule has 8 nitrogen and oxygen atoms in total. The maximum Gasteiger partial charge on any atom is 0.280 e. The van der Waals surface area contributed by atoms with Crippen LogP contribution in [0.2, 0.25) is 0 Å². The van der Waals surface area contributed by atoms with Crippen LogP contribution in [0.15, 0.2) is 30.6 Å². The second-order valence-electron chi connectivity index (χ2n) is 7.18. The molecule has 1 aliphatic rings. The molecule has 1 N–H and O–H groups in total. The van der Waals surface area contributed by atoms with Gasteiger partial charge in [-0.25, -0.2) is 4.98 Å². The van der Waals surface area contributed by atoms with Gasteiger partial charge in [0.15, 0.2) is 0 Å². The summed E-state index contributed by atoms with van der Waals surface area (Å²) in [4.78, 5) is 4.38. The number of rotatable bonds is 7. The molecule has 1 saturated heterocycles. The lowest BCUT2D eigenvalue weighted by Crippen LogP contribution is -2.46. The van der Waals surface area contributed by atoms with Gasteiger partial charge in [-0.3, -0.25) is 0 Å². The normalized spacial score (nSPS) is 17.4. The summed E-state index contributed by atoms with van der Waals surface area (Å²) >= 11 is 0. The summed E-state index contributed by atoms with van der Waals surface area (Å²) in [5, 5.41) is 0. The van der Waals surface area contributed by atoms with Gasteiger partial charge in [0.2, 0.25) is 0 Å². The quantitative estimate of drug-likeness (QED) is 0.758. The van der Waals surface area contributed by atoms with Crippen molar-refractivity contribution in [1.82, 2.24) is 18.6 Å². The van der Waals surface area contributed by atoms with Gasteiger partial charge in [0.05, 0.1) is 14.2 Å². The zero-order valence-corrected chi connectivity index (χ0v) is 17.6. The molecule has 1 aliphatic heterocycles. The zero-order chi connectivity index (χ0) is 20.3. The number of aromatic nitrogens is 2. The number of benzene rings is 1. The highest BCUT2D eigenvalue weighted by Gasteiger charge is 2.31. The molecule has 0 saturated carbocycles. The Labute approximate surface area is 166 Å². The minimum absolute atomic E-state index is 0.519. The molecule has 0 radical (unpaired) electrons. The summed E-state index contributed by atoms with van der Waals surface area (Å²) in [5.74, 6) is 2.29. The highest BCUT2D eigenvalue weighted by Crippen LogP contribution is 2.30. The van der Waals surface area contributed by atoms with E-state index in [4.69, 9.17) is 9.47 Å². The van der Waals surface area contributed by atoms with Crippen molar-refractivity contribution in [3.8, 4) is 11.5 Å². The summed E-state index contributed by atoms with van der Waals surface area (Å²) in [6, 6.07) is 4.67. The van der Waals surface area contributed by atoms with Crippen LogP contribution in [0.5, 0.6) is 11.5 Å². The lowest BCUT2D eigenvalue weighted by Gasteiger charge is -2.31. The van der Waals surface area contributed by atoms with Crippen LogP contribution in [0.1, 0.15) is 37.2 Å². The molecule has 2 aromatic rings. The van der Waals surface area contributed by atoms with E-state index < -0.39 is 16.3 Å². The molecule has 3 rings (SSSR count). The summed E-state index contributed by atoms with van der Waals surface area (Å²) in [5.41, 5.74) is 0.694. The van der Waals surface area contributed by atoms with E-state index in [0.717, 1.165) is 12.8 Å². The monoisotopic (exact) mass is 408 g/mol. The first kappa shape index (κ1) is 20.6. The van der Waals surface area contributed by atoms with Crippen LogP contribution in [0, 0.1) is 5.92 Å². The molecule has 0 amide bonds. The van der Waals surface area contributed by atoms with Crippen molar-refractivity contribution in [1.29, 1.82) is 0 Å². The predicted molar refractivity (Wildman–Crippen MR) is 107 cm³/mol. The van der Waals surface area contributed by atoms with Gasteiger partial charge < -0.3 is 14.0 Å².